The average Bonchev–Trinajstić information content (AvgIpc) is 2.52. The number of benzene rings is 1. The minimum absolute atomic E-state index is 0.0283. The molecule has 0 unspecified atom stereocenters. The molecule has 1 aromatic carbocycles. The molecule has 0 aliphatic heterocycles. The Hall–Kier alpha value is -1.16. The Labute approximate surface area is 143 Å². The van der Waals surface area contributed by atoms with Crippen LogP contribution in [0.2, 0.25) is 13.1 Å². The average molecular weight is 333 g/mol. The van der Waals surface area contributed by atoms with Crippen molar-refractivity contribution in [3.63, 3.8) is 0 Å². The number of unbranched alkanes of at least 4 members (excludes halogenated alkanes) is 2. The van der Waals surface area contributed by atoms with Crippen molar-refractivity contribution in [3.05, 3.63) is 54.6 Å². The number of hydrogen-bond acceptors (Lipinski definition) is 2. The first-order valence-corrected chi connectivity index (χ1v) is 11.7. The fourth-order valence-corrected chi connectivity index (χ4v) is 3.92. The van der Waals surface area contributed by atoms with Gasteiger partial charge in [0.15, 0.2) is 0 Å². The molecule has 0 fully saturated rings. The van der Waals surface area contributed by atoms with E-state index in [4.69, 9.17) is 4.74 Å². The molecule has 2 atom stereocenters. The van der Waals surface area contributed by atoms with Gasteiger partial charge in [0, 0.05) is 0 Å². The maximum Gasteiger partial charge on any atom is 0.210 e. The van der Waals surface area contributed by atoms with E-state index in [-0.39, 0.29) is 11.8 Å². The lowest BCUT2D eigenvalue weighted by Crippen LogP contribution is -2.45. The van der Waals surface area contributed by atoms with Crippen molar-refractivity contribution in [3.8, 4) is 0 Å². The summed E-state index contributed by atoms with van der Waals surface area (Å²) in [4.78, 5) is 10.5. The topological polar surface area (TPSA) is 29.5 Å². The van der Waals surface area contributed by atoms with Crippen LogP contribution in [0.3, 0.4) is 0 Å². The Morgan fingerprint density at radius 2 is 1.91 bits per heavy atom. The first kappa shape index (κ1) is 19.9. The molecule has 1 rings (SSSR count). The van der Waals surface area contributed by atoms with Crippen LogP contribution in [0.5, 0.6) is 0 Å². The maximum absolute atomic E-state index is 10.5. The van der Waals surface area contributed by atoms with Crippen LogP contribution in [0, 0.1) is 0 Å². The predicted molar refractivity (Wildman–Crippen MR) is 103 cm³/mol. The molecule has 0 radical (unpaired) electrons. The van der Waals surface area contributed by atoms with E-state index >= 15 is 0 Å². The molecule has 2 nitrogen and oxygen atoms in total. The smallest absolute Gasteiger partial charge is 0.210 e. The quantitative estimate of drug-likeness (QED) is 0.336. The van der Waals surface area contributed by atoms with Crippen molar-refractivity contribution >= 4 is 14.4 Å². The van der Waals surface area contributed by atoms with E-state index in [9.17, 15) is 4.80 Å². The van der Waals surface area contributed by atoms with Gasteiger partial charge < -0.3 is 9.53 Å². The van der Waals surface area contributed by atoms with Crippen LogP contribution in [-0.4, -0.2) is 24.9 Å². The second-order valence-electron chi connectivity index (χ2n) is 6.61. The minimum Gasteiger partial charge on any atom is -0.430 e. The highest BCUT2D eigenvalue weighted by molar-refractivity contribution is 6.71. The first-order chi connectivity index (χ1) is 11.0. The van der Waals surface area contributed by atoms with Crippen LogP contribution < -0.4 is 0 Å². The second kappa shape index (κ2) is 10.6. The summed E-state index contributed by atoms with van der Waals surface area (Å²) in [5, 5.41) is 0. The second-order valence-corrected chi connectivity index (χ2v) is 10.6. The Balaban J connectivity index is 2.73. The highest BCUT2D eigenvalue weighted by atomic mass is 28.4. The molecule has 23 heavy (non-hydrogen) atoms. The zero-order valence-corrected chi connectivity index (χ0v) is 15.9. The molecule has 0 saturated heterocycles. The normalized spacial score (nSPS) is 14.8. The predicted octanol–water partition coefficient (Wildman–Crippen LogP) is 5.35. The molecule has 0 spiro atoms. The Bertz CT molecular complexity index is 462. The fraction of sp³-hybridized carbons (Fsp3) is 0.500. The van der Waals surface area contributed by atoms with E-state index in [0.717, 1.165) is 24.8 Å². The van der Waals surface area contributed by atoms with E-state index in [0.29, 0.717) is 0 Å². The largest absolute Gasteiger partial charge is 0.430 e. The standard InChI is InChI=1S/C20H32O2Si/c1-5-7-9-15-20(23(3,4)21)22-19(12-6-2)17-16-18-13-10-8-11-14-18/h6,8,10-11,13-14,16-17,19-21H,2,5,7,9,12,15H2,1,3-4H3/b17-16+/t19-,20+/m1/s1. The summed E-state index contributed by atoms with van der Waals surface area (Å²) in [6, 6.07) is 10.2. The third kappa shape index (κ3) is 8.31. The fourth-order valence-electron chi connectivity index (χ4n) is 2.50. The van der Waals surface area contributed by atoms with E-state index in [2.05, 4.69) is 37.8 Å². The van der Waals surface area contributed by atoms with Gasteiger partial charge in [0.25, 0.3) is 0 Å². The summed E-state index contributed by atoms with van der Waals surface area (Å²) in [5.74, 6) is 0. The molecule has 0 aliphatic rings. The lowest BCUT2D eigenvalue weighted by Gasteiger charge is -2.30. The summed E-state index contributed by atoms with van der Waals surface area (Å²) < 4.78 is 6.28. The van der Waals surface area contributed by atoms with E-state index in [1.54, 1.807) is 0 Å². The van der Waals surface area contributed by atoms with Crippen LogP contribution in [0.1, 0.15) is 44.6 Å². The molecular formula is C20H32O2Si. The lowest BCUT2D eigenvalue weighted by atomic mass is 10.1. The van der Waals surface area contributed by atoms with Gasteiger partial charge in [-0.2, -0.15) is 0 Å². The van der Waals surface area contributed by atoms with Crippen molar-refractivity contribution in [1.82, 2.24) is 0 Å². The zero-order chi connectivity index (χ0) is 17.1. The van der Waals surface area contributed by atoms with Gasteiger partial charge in [-0.3, -0.25) is 0 Å². The molecule has 0 amide bonds. The molecule has 0 bridgehead atoms. The monoisotopic (exact) mass is 332 g/mol. The molecular weight excluding hydrogens is 300 g/mol. The number of hydrogen-bond donors (Lipinski definition) is 1. The Morgan fingerprint density at radius 3 is 2.48 bits per heavy atom. The summed E-state index contributed by atoms with van der Waals surface area (Å²) in [5.41, 5.74) is 1.13. The van der Waals surface area contributed by atoms with Crippen molar-refractivity contribution in [2.24, 2.45) is 0 Å². The summed E-state index contributed by atoms with van der Waals surface area (Å²) >= 11 is 0. The van der Waals surface area contributed by atoms with Crippen LogP contribution in [-0.2, 0) is 4.74 Å². The van der Waals surface area contributed by atoms with Crippen LogP contribution in [0.15, 0.2) is 49.1 Å². The van der Waals surface area contributed by atoms with Crippen LogP contribution >= 0.6 is 0 Å². The first-order valence-electron chi connectivity index (χ1n) is 8.69. The van der Waals surface area contributed by atoms with Crippen molar-refractivity contribution in [2.45, 2.75) is 64.0 Å². The van der Waals surface area contributed by atoms with E-state index < -0.39 is 8.32 Å². The van der Waals surface area contributed by atoms with Crippen molar-refractivity contribution in [2.75, 3.05) is 0 Å². The third-order valence-electron chi connectivity index (χ3n) is 3.90. The lowest BCUT2D eigenvalue weighted by molar-refractivity contribution is 0.0422. The Morgan fingerprint density at radius 1 is 1.22 bits per heavy atom. The van der Waals surface area contributed by atoms with Crippen molar-refractivity contribution in [1.29, 1.82) is 0 Å². The molecule has 1 N–H and O–H groups in total. The van der Waals surface area contributed by atoms with Gasteiger partial charge in [-0.25, -0.2) is 0 Å². The molecule has 3 heteroatoms. The van der Waals surface area contributed by atoms with Crippen LogP contribution in [0.25, 0.3) is 6.08 Å². The molecule has 0 aromatic heterocycles. The highest BCUT2D eigenvalue weighted by Crippen LogP contribution is 2.20. The third-order valence-corrected chi connectivity index (χ3v) is 5.90. The van der Waals surface area contributed by atoms with Gasteiger partial charge in [-0.05, 0) is 31.5 Å². The number of rotatable bonds is 11. The van der Waals surface area contributed by atoms with Gasteiger partial charge in [0.2, 0.25) is 8.32 Å². The molecule has 0 heterocycles. The van der Waals surface area contributed by atoms with Crippen LogP contribution in [0.4, 0.5) is 0 Å². The Kier molecular flexibility index (Phi) is 9.15. The van der Waals surface area contributed by atoms with Crippen molar-refractivity contribution < 1.29 is 9.53 Å². The summed E-state index contributed by atoms with van der Waals surface area (Å²) in [6.07, 6.45) is 11.2. The van der Waals surface area contributed by atoms with Gasteiger partial charge in [-0.15, -0.1) is 6.58 Å². The zero-order valence-electron chi connectivity index (χ0n) is 14.9. The van der Waals surface area contributed by atoms with E-state index in [1.165, 1.54) is 12.8 Å². The molecule has 1 aromatic rings. The van der Waals surface area contributed by atoms with Gasteiger partial charge in [0.05, 0.1) is 11.8 Å². The molecule has 128 valence electrons. The van der Waals surface area contributed by atoms with Gasteiger partial charge in [0.1, 0.15) is 0 Å². The van der Waals surface area contributed by atoms with Gasteiger partial charge in [-0.1, -0.05) is 74.7 Å². The minimum atomic E-state index is -2.33. The maximum atomic E-state index is 10.5. The van der Waals surface area contributed by atoms with Gasteiger partial charge >= 0.3 is 0 Å². The van der Waals surface area contributed by atoms with E-state index in [1.807, 2.05) is 37.4 Å². The molecule has 0 saturated carbocycles. The summed E-state index contributed by atoms with van der Waals surface area (Å²) in [6.45, 7) is 9.97. The SMILES string of the molecule is C=CC[C@H](/C=C/c1ccccc1)O[C@H](CCCCC)[Si](C)(C)O. The summed E-state index contributed by atoms with van der Waals surface area (Å²) in [7, 11) is -2.33. The highest BCUT2D eigenvalue weighted by Gasteiger charge is 2.32. The number of ether oxygens (including phenoxy) is 1. The molecule has 0 aliphatic carbocycles.